The Balaban J connectivity index is 1.52. The van der Waals surface area contributed by atoms with Crippen LogP contribution in [0.5, 0.6) is 5.75 Å². The number of aromatic nitrogens is 2. The lowest BCUT2D eigenvalue weighted by Gasteiger charge is -2.26. The number of anilines is 1. The molecule has 4 heteroatoms. The smallest absolute Gasteiger partial charge is 0.150 e. The number of hydrogen-bond donors (Lipinski definition) is 0. The van der Waals surface area contributed by atoms with E-state index in [4.69, 9.17) is 4.74 Å². The van der Waals surface area contributed by atoms with Gasteiger partial charge in [0.15, 0.2) is 0 Å². The van der Waals surface area contributed by atoms with Gasteiger partial charge in [0.05, 0.1) is 12.3 Å². The molecule has 4 nitrogen and oxygen atoms in total. The zero-order valence-electron chi connectivity index (χ0n) is 12.7. The van der Waals surface area contributed by atoms with Gasteiger partial charge < -0.3 is 9.64 Å². The van der Waals surface area contributed by atoms with Crippen molar-refractivity contribution in [2.75, 3.05) is 24.6 Å². The lowest BCUT2D eigenvalue weighted by Crippen LogP contribution is -2.26. The Bertz CT molecular complexity index is 652. The molecule has 0 spiro atoms. The van der Waals surface area contributed by atoms with Gasteiger partial charge in [0.25, 0.3) is 0 Å². The van der Waals surface area contributed by atoms with E-state index >= 15 is 0 Å². The minimum absolute atomic E-state index is 0.480. The van der Waals surface area contributed by atoms with Crippen LogP contribution in [0, 0.1) is 5.92 Å². The van der Waals surface area contributed by atoms with E-state index in [-0.39, 0.29) is 0 Å². The van der Waals surface area contributed by atoms with Crippen LogP contribution in [-0.2, 0) is 12.8 Å². The second-order valence-electron chi connectivity index (χ2n) is 6.21. The van der Waals surface area contributed by atoms with Gasteiger partial charge in [-0.25, -0.2) is 4.98 Å². The van der Waals surface area contributed by atoms with Crippen molar-refractivity contribution in [1.29, 1.82) is 0 Å². The molecule has 3 heterocycles. The highest BCUT2D eigenvalue weighted by Crippen LogP contribution is 2.30. The van der Waals surface area contributed by atoms with Gasteiger partial charge in [-0.05, 0) is 37.3 Å². The largest absolute Gasteiger partial charge is 0.493 e. The second-order valence-corrected chi connectivity index (χ2v) is 6.21. The van der Waals surface area contributed by atoms with E-state index in [1.54, 1.807) is 0 Å². The summed E-state index contributed by atoms with van der Waals surface area (Å²) in [5.41, 5.74) is 2.43. The molecule has 0 amide bonds. The summed E-state index contributed by atoms with van der Waals surface area (Å²) in [7, 11) is 0. The van der Waals surface area contributed by atoms with E-state index in [0.29, 0.717) is 5.92 Å². The van der Waals surface area contributed by atoms with Crippen molar-refractivity contribution in [2.24, 2.45) is 5.92 Å². The van der Waals surface area contributed by atoms with Crippen LogP contribution in [0.3, 0.4) is 0 Å². The number of rotatable bonds is 3. The van der Waals surface area contributed by atoms with E-state index in [1.165, 1.54) is 18.4 Å². The van der Waals surface area contributed by atoms with Gasteiger partial charge in [-0.2, -0.15) is 0 Å². The number of para-hydroxylation sites is 1. The van der Waals surface area contributed by atoms with Gasteiger partial charge in [0.1, 0.15) is 11.6 Å². The number of ether oxygens (including phenoxy) is 1. The number of benzene rings is 1. The van der Waals surface area contributed by atoms with Gasteiger partial charge >= 0.3 is 0 Å². The van der Waals surface area contributed by atoms with Crippen LogP contribution in [0.1, 0.15) is 24.1 Å². The van der Waals surface area contributed by atoms with Crippen LogP contribution in [0.2, 0.25) is 0 Å². The summed E-state index contributed by atoms with van der Waals surface area (Å²) >= 11 is 0. The Labute approximate surface area is 131 Å². The van der Waals surface area contributed by atoms with Crippen molar-refractivity contribution in [3.05, 3.63) is 47.9 Å². The first kappa shape index (κ1) is 13.6. The molecule has 1 fully saturated rings. The predicted molar refractivity (Wildman–Crippen MR) is 86.3 cm³/mol. The summed E-state index contributed by atoms with van der Waals surface area (Å²) in [6.45, 7) is 2.98. The predicted octanol–water partition coefficient (Wildman–Crippen LogP) is 2.87. The normalized spacial score (nSPS) is 20.5. The average Bonchev–Trinajstić information content (AvgIpc) is 3.10. The third kappa shape index (κ3) is 2.65. The zero-order valence-corrected chi connectivity index (χ0v) is 12.7. The molecule has 1 saturated heterocycles. The van der Waals surface area contributed by atoms with Crippen molar-refractivity contribution < 1.29 is 4.74 Å². The molecule has 2 aliphatic rings. The molecule has 0 N–H and O–H groups in total. The Morgan fingerprint density at radius 3 is 2.82 bits per heavy atom. The molecule has 0 bridgehead atoms. The summed E-state index contributed by atoms with van der Waals surface area (Å²) in [6.07, 6.45) is 8.14. The van der Waals surface area contributed by atoms with E-state index in [2.05, 4.69) is 33.1 Å². The maximum absolute atomic E-state index is 5.91. The number of fused-ring (bicyclic) bond motifs is 1. The minimum atomic E-state index is 0.480. The van der Waals surface area contributed by atoms with E-state index < -0.39 is 0 Å². The monoisotopic (exact) mass is 295 g/mol. The Hall–Kier alpha value is -2.10. The topological polar surface area (TPSA) is 38.2 Å². The Kier molecular flexibility index (Phi) is 3.67. The van der Waals surface area contributed by atoms with Crippen molar-refractivity contribution in [3.63, 3.8) is 0 Å². The van der Waals surface area contributed by atoms with Crippen LogP contribution in [-0.4, -0.2) is 29.7 Å². The number of hydrogen-bond acceptors (Lipinski definition) is 4. The highest BCUT2D eigenvalue weighted by Gasteiger charge is 2.24. The van der Waals surface area contributed by atoms with Crippen molar-refractivity contribution in [3.8, 4) is 5.75 Å². The summed E-state index contributed by atoms with van der Waals surface area (Å²) in [6, 6.07) is 8.35. The molecular weight excluding hydrogens is 274 g/mol. The van der Waals surface area contributed by atoms with E-state index in [9.17, 15) is 0 Å². The van der Waals surface area contributed by atoms with E-state index in [1.807, 2.05) is 18.5 Å². The van der Waals surface area contributed by atoms with Gasteiger partial charge in [-0.1, -0.05) is 18.2 Å². The van der Waals surface area contributed by atoms with Crippen LogP contribution in [0.25, 0.3) is 0 Å². The van der Waals surface area contributed by atoms with Crippen LogP contribution in [0.4, 0.5) is 5.82 Å². The van der Waals surface area contributed by atoms with Gasteiger partial charge in [-0.15, -0.1) is 0 Å². The number of nitrogens with zero attached hydrogens (tertiary/aromatic N) is 3. The van der Waals surface area contributed by atoms with Crippen molar-refractivity contribution >= 4 is 5.82 Å². The highest BCUT2D eigenvalue weighted by atomic mass is 16.5. The molecule has 22 heavy (non-hydrogen) atoms. The lowest BCUT2D eigenvalue weighted by molar-refractivity contribution is 0.220. The lowest BCUT2D eigenvalue weighted by atomic mass is 9.92. The summed E-state index contributed by atoms with van der Waals surface area (Å²) < 4.78 is 5.91. The van der Waals surface area contributed by atoms with Gasteiger partial charge in [0.2, 0.25) is 0 Å². The maximum atomic E-state index is 5.91. The van der Waals surface area contributed by atoms with Crippen molar-refractivity contribution in [1.82, 2.24) is 9.97 Å². The Morgan fingerprint density at radius 1 is 1.09 bits per heavy atom. The molecule has 0 aliphatic carbocycles. The fourth-order valence-electron chi connectivity index (χ4n) is 3.49. The Morgan fingerprint density at radius 2 is 1.91 bits per heavy atom. The molecule has 2 aliphatic heterocycles. The highest BCUT2D eigenvalue weighted by molar-refractivity contribution is 5.44. The molecule has 1 aromatic heterocycles. The average molecular weight is 295 g/mol. The quantitative estimate of drug-likeness (QED) is 0.873. The summed E-state index contributed by atoms with van der Waals surface area (Å²) in [5.74, 6) is 2.60. The van der Waals surface area contributed by atoms with Gasteiger partial charge in [-0.3, -0.25) is 4.98 Å². The third-order valence-corrected chi connectivity index (χ3v) is 4.60. The molecule has 0 saturated carbocycles. The standard InChI is InChI=1S/C18H21N3O/c1-2-6-17-15(5-1)11-14(13-22-17)12-16-18(20-8-7-19-16)21-9-3-4-10-21/h1-2,5-8,14H,3-4,9-13H2/t14-/m0/s1. The third-order valence-electron chi connectivity index (χ3n) is 4.60. The minimum Gasteiger partial charge on any atom is -0.493 e. The first-order chi connectivity index (χ1) is 10.9. The molecule has 114 valence electrons. The second kappa shape index (κ2) is 5.95. The molecule has 4 rings (SSSR count). The maximum Gasteiger partial charge on any atom is 0.150 e. The van der Waals surface area contributed by atoms with Crippen LogP contribution in [0.15, 0.2) is 36.7 Å². The molecule has 0 radical (unpaired) electrons. The summed E-state index contributed by atoms with van der Waals surface area (Å²) in [5, 5.41) is 0. The molecule has 2 aromatic rings. The molecular formula is C18H21N3O. The fourth-order valence-corrected chi connectivity index (χ4v) is 3.49. The van der Waals surface area contributed by atoms with Crippen LogP contribution < -0.4 is 9.64 Å². The zero-order chi connectivity index (χ0) is 14.8. The SMILES string of the molecule is c1ccc2c(c1)C[C@@H](Cc1nccnc1N1CCCC1)CO2. The fraction of sp³-hybridized carbons (Fsp3) is 0.444. The van der Waals surface area contributed by atoms with Crippen LogP contribution >= 0.6 is 0 Å². The van der Waals surface area contributed by atoms with E-state index in [0.717, 1.165) is 49.8 Å². The molecule has 0 unspecified atom stereocenters. The van der Waals surface area contributed by atoms with Crippen molar-refractivity contribution in [2.45, 2.75) is 25.7 Å². The summed E-state index contributed by atoms with van der Waals surface area (Å²) in [4.78, 5) is 11.6. The molecule has 1 atom stereocenters. The first-order valence-electron chi connectivity index (χ1n) is 8.16. The first-order valence-corrected chi connectivity index (χ1v) is 8.16. The van der Waals surface area contributed by atoms with Gasteiger partial charge in [0, 0.05) is 31.4 Å². The molecule has 1 aromatic carbocycles.